The second kappa shape index (κ2) is 6.40. The molecule has 2 aliphatic heterocycles. The van der Waals surface area contributed by atoms with Crippen molar-refractivity contribution in [3.8, 4) is 0 Å². The molecule has 5 heteroatoms. The number of carbonyl (C=O) groups excluding carboxylic acids is 1. The van der Waals surface area contributed by atoms with E-state index in [1.807, 2.05) is 13.0 Å². The van der Waals surface area contributed by atoms with Crippen LogP contribution >= 0.6 is 0 Å². The van der Waals surface area contributed by atoms with Gasteiger partial charge >= 0.3 is 0 Å². The quantitative estimate of drug-likeness (QED) is 0.737. The lowest BCUT2D eigenvalue weighted by Gasteiger charge is -2.42. The van der Waals surface area contributed by atoms with Gasteiger partial charge in [0.25, 0.3) is 5.91 Å². The highest BCUT2D eigenvalue weighted by Gasteiger charge is 2.37. The van der Waals surface area contributed by atoms with Crippen LogP contribution in [-0.2, 0) is 4.74 Å². The predicted octanol–water partition coefficient (Wildman–Crippen LogP) is 3.44. The third-order valence-electron chi connectivity index (χ3n) is 5.39. The van der Waals surface area contributed by atoms with Gasteiger partial charge in [0.05, 0.1) is 17.6 Å². The molecule has 2 aliphatic rings. The number of piperidine rings is 1. The molecule has 5 nitrogen and oxygen atoms in total. The van der Waals surface area contributed by atoms with Crippen LogP contribution in [0, 0.1) is 6.92 Å². The van der Waals surface area contributed by atoms with E-state index in [1.54, 1.807) is 17.0 Å². The van der Waals surface area contributed by atoms with Crippen molar-refractivity contribution in [2.45, 2.75) is 38.7 Å². The van der Waals surface area contributed by atoms with Gasteiger partial charge in [-0.1, -0.05) is 17.7 Å². The molecule has 0 atom stereocenters. The fourth-order valence-corrected chi connectivity index (χ4v) is 3.88. The van der Waals surface area contributed by atoms with Crippen LogP contribution in [0.15, 0.2) is 45.1 Å². The van der Waals surface area contributed by atoms with Gasteiger partial charge in [-0.2, -0.15) is 0 Å². The average molecular weight is 353 g/mol. The summed E-state index contributed by atoms with van der Waals surface area (Å²) >= 11 is 0. The maximum absolute atomic E-state index is 12.9. The van der Waals surface area contributed by atoms with Gasteiger partial charge in [0.1, 0.15) is 5.58 Å². The van der Waals surface area contributed by atoms with E-state index >= 15 is 0 Å². The number of amides is 1. The van der Waals surface area contributed by atoms with Gasteiger partial charge in [-0.25, -0.2) is 0 Å². The van der Waals surface area contributed by atoms with Crippen LogP contribution in [0.1, 0.15) is 42.3 Å². The molecule has 0 radical (unpaired) electrons. The minimum atomic E-state index is -0.236. The monoisotopic (exact) mass is 353 g/mol. The van der Waals surface area contributed by atoms with E-state index in [9.17, 15) is 9.59 Å². The molecule has 2 aromatic rings. The first-order chi connectivity index (χ1) is 12.5. The summed E-state index contributed by atoms with van der Waals surface area (Å²) in [6.45, 7) is 6.00. The second-order valence-corrected chi connectivity index (χ2v) is 7.42. The number of nitrogens with zero attached hydrogens (tertiary/aromatic N) is 1. The van der Waals surface area contributed by atoms with Gasteiger partial charge in [-0.05, 0) is 50.8 Å². The van der Waals surface area contributed by atoms with Gasteiger partial charge < -0.3 is 14.1 Å². The number of fused-ring (bicyclic) bond motifs is 1. The third-order valence-corrected chi connectivity index (χ3v) is 5.39. The van der Waals surface area contributed by atoms with Crippen molar-refractivity contribution < 1.29 is 13.9 Å². The van der Waals surface area contributed by atoms with Crippen LogP contribution in [0.3, 0.4) is 0 Å². The van der Waals surface area contributed by atoms with Crippen LogP contribution < -0.4 is 5.43 Å². The molecule has 1 aromatic heterocycles. The van der Waals surface area contributed by atoms with Crippen LogP contribution in [0.4, 0.5) is 0 Å². The first-order valence-corrected chi connectivity index (χ1v) is 9.12. The Balaban J connectivity index is 1.56. The molecule has 1 saturated heterocycles. The number of likely N-dealkylation sites (tertiary alicyclic amines) is 1. The summed E-state index contributed by atoms with van der Waals surface area (Å²) in [6, 6.07) is 6.71. The minimum Gasteiger partial charge on any atom is -0.451 e. The number of carbonyl (C=O) groups is 1. The Morgan fingerprint density at radius 3 is 2.65 bits per heavy atom. The van der Waals surface area contributed by atoms with Gasteiger partial charge in [0.2, 0.25) is 0 Å². The lowest BCUT2D eigenvalue weighted by molar-refractivity contribution is -0.0525. The summed E-state index contributed by atoms with van der Waals surface area (Å²) in [6.07, 6.45) is 4.74. The normalized spacial score (nSPS) is 19.6. The zero-order chi connectivity index (χ0) is 18.3. The molecule has 1 amide bonds. The molecule has 0 saturated carbocycles. The number of aryl methyl sites for hydroxylation is 1. The van der Waals surface area contributed by atoms with E-state index in [4.69, 9.17) is 9.15 Å². The Morgan fingerprint density at radius 1 is 1.15 bits per heavy atom. The highest BCUT2D eigenvalue weighted by atomic mass is 16.5. The van der Waals surface area contributed by atoms with Crippen molar-refractivity contribution in [1.29, 1.82) is 0 Å². The predicted molar refractivity (Wildman–Crippen MR) is 99.4 cm³/mol. The highest BCUT2D eigenvalue weighted by Crippen LogP contribution is 2.33. The molecule has 3 heterocycles. The highest BCUT2D eigenvalue weighted by molar-refractivity contribution is 5.93. The van der Waals surface area contributed by atoms with E-state index in [-0.39, 0.29) is 22.7 Å². The molecule has 0 bridgehead atoms. The van der Waals surface area contributed by atoms with Crippen molar-refractivity contribution in [3.05, 3.63) is 57.5 Å². The van der Waals surface area contributed by atoms with Crippen molar-refractivity contribution in [1.82, 2.24) is 4.90 Å². The van der Waals surface area contributed by atoms with E-state index in [1.165, 1.54) is 11.6 Å². The Hall–Kier alpha value is -2.40. The Bertz CT molecular complexity index is 948. The SMILES string of the molecule is CC1=CC2(CCN(C(=O)c3cc(=O)c4ccc(C)cc4o3)CC2)OCC1. The molecule has 1 aromatic carbocycles. The number of hydrogen-bond donors (Lipinski definition) is 0. The third kappa shape index (κ3) is 3.07. The lowest BCUT2D eigenvalue weighted by atomic mass is 9.87. The van der Waals surface area contributed by atoms with E-state index in [0.717, 1.165) is 31.4 Å². The Kier molecular flexibility index (Phi) is 4.19. The number of ether oxygens (including phenoxy) is 1. The van der Waals surface area contributed by atoms with E-state index in [0.29, 0.717) is 24.1 Å². The van der Waals surface area contributed by atoms with E-state index < -0.39 is 0 Å². The van der Waals surface area contributed by atoms with Gasteiger partial charge in [-0.3, -0.25) is 9.59 Å². The van der Waals surface area contributed by atoms with Crippen molar-refractivity contribution >= 4 is 16.9 Å². The first kappa shape index (κ1) is 17.0. The van der Waals surface area contributed by atoms with Gasteiger partial charge in [-0.15, -0.1) is 0 Å². The second-order valence-electron chi connectivity index (χ2n) is 7.42. The van der Waals surface area contributed by atoms with Crippen LogP contribution in [-0.4, -0.2) is 36.1 Å². The molecule has 0 N–H and O–H groups in total. The first-order valence-electron chi connectivity index (χ1n) is 9.12. The van der Waals surface area contributed by atoms with Crippen LogP contribution in [0.5, 0.6) is 0 Å². The topological polar surface area (TPSA) is 59.8 Å². The average Bonchev–Trinajstić information content (AvgIpc) is 2.61. The molecule has 1 spiro atoms. The summed E-state index contributed by atoms with van der Waals surface area (Å²) in [7, 11) is 0. The van der Waals surface area contributed by atoms with Gasteiger partial charge in [0, 0.05) is 19.2 Å². The summed E-state index contributed by atoms with van der Waals surface area (Å²) in [4.78, 5) is 26.9. The number of hydrogen-bond acceptors (Lipinski definition) is 4. The molecular formula is C21H23NO4. The standard InChI is InChI=1S/C21H23NO4/c1-14-3-4-16-17(23)12-19(26-18(16)11-14)20(24)22-8-6-21(7-9-22)13-15(2)5-10-25-21/h3-4,11-13H,5-10H2,1-2H3. The molecule has 0 unspecified atom stereocenters. The Labute approximate surface area is 152 Å². The van der Waals surface area contributed by atoms with E-state index in [2.05, 4.69) is 13.0 Å². The summed E-state index contributed by atoms with van der Waals surface area (Å²) in [5.41, 5.74) is 2.38. The molecular weight excluding hydrogens is 330 g/mol. The van der Waals surface area contributed by atoms with Gasteiger partial charge in [0.15, 0.2) is 11.2 Å². The van der Waals surface area contributed by atoms with Crippen LogP contribution in [0.2, 0.25) is 0 Å². The molecule has 1 fully saturated rings. The van der Waals surface area contributed by atoms with Crippen LogP contribution in [0.25, 0.3) is 11.0 Å². The van der Waals surface area contributed by atoms with Crippen molar-refractivity contribution in [3.63, 3.8) is 0 Å². The fraction of sp³-hybridized carbons (Fsp3) is 0.429. The maximum atomic E-state index is 12.9. The maximum Gasteiger partial charge on any atom is 0.289 e. The fourth-order valence-electron chi connectivity index (χ4n) is 3.88. The number of benzene rings is 1. The summed E-state index contributed by atoms with van der Waals surface area (Å²) < 4.78 is 11.8. The summed E-state index contributed by atoms with van der Waals surface area (Å²) in [5, 5.41) is 0.501. The molecule has 26 heavy (non-hydrogen) atoms. The van der Waals surface area contributed by atoms with Crippen molar-refractivity contribution in [2.24, 2.45) is 0 Å². The molecule has 4 rings (SSSR count). The largest absolute Gasteiger partial charge is 0.451 e. The molecule has 0 aliphatic carbocycles. The smallest absolute Gasteiger partial charge is 0.289 e. The zero-order valence-corrected chi connectivity index (χ0v) is 15.2. The minimum absolute atomic E-state index is 0.111. The summed E-state index contributed by atoms with van der Waals surface area (Å²) in [5.74, 6) is -0.114. The zero-order valence-electron chi connectivity index (χ0n) is 15.2. The Morgan fingerprint density at radius 2 is 1.92 bits per heavy atom. The number of rotatable bonds is 1. The lowest BCUT2D eigenvalue weighted by Crippen LogP contribution is -2.48. The van der Waals surface area contributed by atoms with Crippen molar-refractivity contribution in [2.75, 3.05) is 19.7 Å². The molecule has 136 valence electrons.